The van der Waals surface area contributed by atoms with E-state index in [9.17, 15) is 9.13 Å². The van der Waals surface area contributed by atoms with E-state index in [1.807, 2.05) is 115 Å². The first-order valence-corrected chi connectivity index (χ1v) is 15.1. The van der Waals surface area contributed by atoms with Gasteiger partial charge in [-0.15, -0.1) is 11.8 Å². The molecule has 0 aliphatic rings. The smallest absolute Gasteiger partial charge is 0.171 e. The molecule has 4 aromatic rings. The summed E-state index contributed by atoms with van der Waals surface area (Å²) in [4.78, 5) is 0.956. The molecule has 0 saturated carbocycles. The third-order valence-electron chi connectivity index (χ3n) is 5.46. The van der Waals surface area contributed by atoms with E-state index in [-0.39, 0.29) is 0 Å². The largest absolute Gasteiger partial charge is 0.314 e. The fraction of sp³-hybridized carbons (Fsp3) is 0.0769. The van der Waals surface area contributed by atoms with Crippen LogP contribution in [0.3, 0.4) is 0 Å². The number of rotatable bonds is 6. The summed E-state index contributed by atoms with van der Waals surface area (Å²) < 4.78 is 28.7. The molecule has 4 aromatic carbocycles. The molecule has 0 amide bonds. The fourth-order valence-corrected chi connectivity index (χ4v) is 9.00. The summed E-state index contributed by atoms with van der Waals surface area (Å²) in [6, 6.07) is 34.6. The van der Waals surface area contributed by atoms with E-state index < -0.39 is 14.3 Å². The number of hydrogen-bond acceptors (Lipinski definition) is 3. The Morgan fingerprint density at radius 2 is 0.968 bits per heavy atom. The highest BCUT2D eigenvalue weighted by atomic mass is 32.2. The van der Waals surface area contributed by atoms with Gasteiger partial charge < -0.3 is 9.13 Å². The topological polar surface area (TPSA) is 34.1 Å². The standard InChI is InChI=1S/C26H24O2P2S/c1-29(27,21-12-6-3-7-13-21)24-18-25(20-26(19-24)31-2)30(28,22-14-8-4-9-15-22)23-16-10-5-11-17-23/h3-20H,1-2H3. The lowest BCUT2D eigenvalue weighted by atomic mass is 10.3. The molecule has 0 aliphatic carbocycles. The molecule has 4 rings (SSSR count). The molecule has 0 aliphatic heterocycles. The van der Waals surface area contributed by atoms with Crippen molar-refractivity contribution in [2.75, 3.05) is 12.9 Å². The molecular formula is C26H24O2P2S. The molecule has 5 heteroatoms. The lowest BCUT2D eigenvalue weighted by molar-refractivity contribution is 0.590. The van der Waals surface area contributed by atoms with Crippen LogP contribution in [0.15, 0.2) is 114 Å². The number of hydrogen-bond donors (Lipinski definition) is 0. The van der Waals surface area contributed by atoms with Crippen LogP contribution in [-0.2, 0) is 9.13 Å². The van der Waals surface area contributed by atoms with Gasteiger partial charge in [0.1, 0.15) is 7.14 Å². The summed E-state index contributed by atoms with van der Waals surface area (Å²) >= 11 is 1.57. The molecule has 0 aromatic heterocycles. The van der Waals surface area contributed by atoms with Crippen LogP contribution in [0, 0.1) is 0 Å². The zero-order valence-electron chi connectivity index (χ0n) is 17.5. The first-order chi connectivity index (χ1) is 15.0. The van der Waals surface area contributed by atoms with Gasteiger partial charge in [0.15, 0.2) is 7.14 Å². The molecule has 0 bridgehead atoms. The molecule has 0 N–H and O–H groups in total. The van der Waals surface area contributed by atoms with Crippen molar-refractivity contribution in [3.63, 3.8) is 0 Å². The Bertz CT molecular complexity index is 1230. The highest BCUT2D eigenvalue weighted by molar-refractivity contribution is 7.98. The van der Waals surface area contributed by atoms with Crippen LogP contribution in [0.2, 0.25) is 0 Å². The Balaban J connectivity index is 1.98. The van der Waals surface area contributed by atoms with Crippen molar-refractivity contribution in [3.05, 3.63) is 109 Å². The van der Waals surface area contributed by atoms with Crippen molar-refractivity contribution in [1.82, 2.24) is 0 Å². The minimum atomic E-state index is -3.14. The molecule has 31 heavy (non-hydrogen) atoms. The third-order valence-corrected chi connectivity index (χ3v) is 11.7. The highest BCUT2D eigenvalue weighted by Gasteiger charge is 2.32. The van der Waals surface area contributed by atoms with Crippen LogP contribution < -0.4 is 26.5 Å². The summed E-state index contributed by atoms with van der Waals surface area (Å²) in [5.74, 6) is 0. The number of thioether (sulfide) groups is 1. The molecular weight excluding hydrogens is 438 g/mol. The van der Waals surface area contributed by atoms with Crippen LogP contribution in [-0.4, -0.2) is 12.9 Å². The zero-order chi connectivity index (χ0) is 21.9. The van der Waals surface area contributed by atoms with Gasteiger partial charge in [-0.05, 0) is 31.1 Å². The lowest BCUT2D eigenvalue weighted by Gasteiger charge is -2.23. The van der Waals surface area contributed by atoms with E-state index in [0.29, 0.717) is 5.30 Å². The van der Waals surface area contributed by atoms with Gasteiger partial charge in [0.25, 0.3) is 0 Å². The second-order valence-corrected chi connectivity index (χ2v) is 14.0. The maximum atomic E-state index is 14.8. The van der Waals surface area contributed by atoms with Crippen molar-refractivity contribution in [2.24, 2.45) is 0 Å². The van der Waals surface area contributed by atoms with Crippen molar-refractivity contribution in [2.45, 2.75) is 4.90 Å². The van der Waals surface area contributed by atoms with Crippen LogP contribution >= 0.6 is 26.0 Å². The quantitative estimate of drug-likeness (QED) is 0.299. The minimum absolute atomic E-state index is 0.713. The molecule has 1 unspecified atom stereocenters. The zero-order valence-corrected chi connectivity index (χ0v) is 20.1. The Hall–Kier alpha value is -2.31. The van der Waals surface area contributed by atoms with Crippen molar-refractivity contribution >= 4 is 52.6 Å². The Morgan fingerprint density at radius 1 is 0.548 bits per heavy atom. The summed E-state index contributed by atoms with van der Waals surface area (Å²) in [5, 5.41) is 3.79. The van der Waals surface area contributed by atoms with E-state index in [4.69, 9.17) is 0 Å². The van der Waals surface area contributed by atoms with Crippen LogP contribution in [0.1, 0.15) is 0 Å². The Morgan fingerprint density at radius 3 is 1.42 bits per heavy atom. The first kappa shape index (κ1) is 21.9. The van der Waals surface area contributed by atoms with E-state index >= 15 is 0 Å². The monoisotopic (exact) mass is 462 g/mol. The van der Waals surface area contributed by atoms with Gasteiger partial charge >= 0.3 is 0 Å². The third kappa shape index (κ3) is 4.23. The molecule has 2 nitrogen and oxygen atoms in total. The van der Waals surface area contributed by atoms with E-state index in [0.717, 1.165) is 26.1 Å². The first-order valence-electron chi connectivity index (χ1n) is 10.0. The average molecular weight is 462 g/mol. The summed E-state index contributed by atoms with van der Waals surface area (Å²) in [6.45, 7) is 1.79. The predicted molar refractivity (Wildman–Crippen MR) is 137 cm³/mol. The van der Waals surface area contributed by atoms with Crippen molar-refractivity contribution in [1.29, 1.82) is 0 Å². The highest BCUT2D eigenvalue weighted by Crippen LogP contribution is 2.45. The fourth-order valence-electron chi connectivity index (χ4n) is 3.70. The van der Waals surface area contributed by atoms with Crippen LogP contribution in [0.25, 0.3) is 0 Å². The Kier molecular flexibility index (Phi) is 6.39. The van der Waals surface area contributed by atoms with Gasteiger partial charge in [0, 0.05) is 31.4 Å². The summed E-state index contributed by atoms with van der Waals surface area (Å²) in [6.07, 6.45) is 1.99. The summed E-state index contributed by atoms with van der Waals surface area (Å²) in [7, 11) is -5.99. The molecule has 0 heterocycles. The molecule has 0 spiro atoms. The van der Waals surface area contributed by atoms with Gasteiger partial charge in [-0.25, -0.2) is 0 Å². The minimum Gasteiger partial charge on any atom is -0.314 e. The molecule has 1 atom stereocenters. The van der Waals surface area contributed by atoms with Gasteiger partial charge in [0.2, 0.25) is 0 Å². The van der Waals surface area contributed by atoms with Gasteiger partial charge in [-0.1, -0.05) is 91.0 Å². The molecule has 0 radical (unpaired) electrons. The van der Waals surface area contributed by atoms with Crippen LogP contribution in [0.4, 0.5) is 0 Å². The SMILES string of the molecule is CSc1cc(P(C)(=O)c2ccccc2)cc(P(=O)(c2ccccc2)c2ccccc2)c1. The van der Waals surface area contributed by atoms with Crippen LogP contribution in [0.5, 0.6) is 0 Å². The second-order valence-electron chi connectivity index (χ2n) is 7.43. The van der Waals surface area contributed by atoms with Crippen molar-refractivity contribution < 1.29 is 9.13 Å². The van der Waals surface area contributed by atoms with Gasteiger partial charge in [0.05, 0.1) is 0 Å². The molecule has 156 valence electrons. The van der Waals surface area contributed by atoms with Gasteiger partial charge in [-0.2, -0.15) is 0 Å². The number of benzene rings is 4. The lowest BCUT2D eigenvalue weighted by Crippen LogP contribution is -2.28. The molecule has 0 fully saturated rings. The van der Waals surface area contributed by atoms with E-state index in [2.05, 4.69) is 0 Å². The molecule has 0 saturated heterocycles. The van der Waals surface area contributed by atoms with E-state index in [1.54, 1.807) is 18.4 Å². The predicted octanol–water partition coefficient (Wildman–Crippen LogP) is 4.99. The maximum Gasteiger partial charge on any atom is 0.171 e. The normalized spacial score (nSPS) is 13.5. The summed E-state index contributed by atoms with van der Waals surface area (Å²) in [5.41, 5.74) is 0. The van der Waals surface area contributed by atoms with E-state index in [1.165, 1.54) is 0 Å². The van der Waals surface area contributed by atoms with Gasteiger partial charge in [-0.3, -0.25) is 0 Å². The maximum absolute atomic E-state index is 14.8. The van der Waals surface area contributed by atoms with Crippen molar-refractivity contribution in [3.8, 4) is 0 Å². The Labute approximate surface area is 188 Å². The second kappa shape index (κ2) is 9.05. The average Bonchev–Trinajstić information content (AvgIpc) is 2.84.